The van der Waals surface area contributed by atoms with Gasteiger partial charge < -0.3 is 5.73 Å². The van der Waals surface area contributed by atoms with Crippen molar-refractivity contribution in [3.05, 3.63) is 42.0 Å². The number of rotatable bonds is 4. The predicted octanol–water partition coefficient (Wildman–Crippen LogP) is 2.29. The average molecular weight is 258 g/mol. The Balaban J connectivity index is 1.86. The van der Waals surface area contributed by atoms with E-state index in [1.54, 1.807) is 0 Å². The minimum Gasteiger partial charge on any atom is -0.369 e. The van der Waals surface area contributed by atoms with Crippen LogP contribution in [-0.4, -0.2) is 29.9 Å². The number of nitrogens with two attached hydrogens (primary N) is 1. The Morgan fingerprint density at radius 3 is 2.53 bits per heavy atom. The van der Waals surface area contributed by atoms with E-state index in [1.807, 2.05) is 18.2 Å². The van der Waals surface area contributed by atoms with Gasteiger partial charge in [0.15, 0.2) is 0 Å². The number of hydrogen-bond acceptors (Lipinski definition) is 2. The van der Waals surface area contributed by atoms with Crippen molar-refractivity contribution in [3.63, 3.8) is 0 Å². The van der Waals surface area contributed by atoms with Crippen molar-refractivity contribution in [1.29, 1.82) is 0 Å². The lowest BCUT2D eigenvalue weighted by Crippen LogP contribution is -2.42. The van der Waals surface area contributed by atoms with Crippen LogP contribution in [0.4, 0.5) is 0 Å². The van der Waals surface area contributed by atoms with Crippen LogP contribution >= 0.6 is 0 Å². The monoisotopic (exact) mass is 258 g/mol. The van der Waals surface area contributed by atoms with E-state index in [-0.39, 0.29) is 11.8 Å². The summed E-state index contributed by atoms with van der Waals surface area (Å²) in [4.78, 5) is 13.5. The van der Waals surface area contributed by atoms with Gasteiger partial charge in [0.2, 0.25) is 5.91 Å². The maximum Gasteiger partial charge on any atom is 0.220 e. The molecular weight excluding hydrogens is 236 g/mol. The van der Waals surface area contributed by atoms with Gasteiger partial charge in [0, 0.05) is 12.0 Å². The molecule has 0 bridgehead atoms. The number of likely N-dealkylation sites (tertiary alicyclic amines) is 1. The summed E-state index contributed by atoms with van der Waals surface area (Å²) in [5, 5.41) is 0. The fourth-order valence-electron chi connectivity index (χ4n) is 2.53. The molecule has 19 heavy (non-hydrogen) atoms. The Morgan fingerprint density at radius 2 is 1.95 bits per heavy atom. The Morgan fingerprint density at radius 1 is 1.32 bits per heavy atom. The van der Waals surface area contributed by atoms with Crippen LogP contribution in [0.3, 0.4) is 0 Å². The SMILES string of the molecule is CC(C=Cc1ccccc1)N1CCC(C(N)=O)CC1. The zero-order valence-electron chi connectivity index (χ0n) is 11.5. The van der Waals surface area contributed by atoms with E-state index in [4.69, 9.17) is 5.73 Å². The lowest BCUT2D eigenvalue weighted by atomic mass is 9.95. The zero-order chi connectivity index (χ0) is 13.7. The van der Waals surface area contributed by atoms with Crippen LogP contribution in [0.1, 0.15) is 25.3 Å². The summed E-state index contributed by atoms with van der Waals surface area (Å²) in [5.74, 6) is -0.0753. The summed E-state index contributed by atoms with van der Waals surface area (Å²) in [7, 11) is 0. The molecule has 1 fully saturated rings. The molecule has 0 spiro atoms. The summed E-state index contributed by atoms with van der Waals surface area (Å²) >= 11 is 0. The smallest absolute Gasteiger partial charge is 0.220 e. The summed E-state index contributed by atoms with van der Waals surface area (Å²) in [6, 6.07) is 10.7. The van der Waals surface area contributed by atoms with Crippen LogP contribution in [0.5, 0.6) is 0 Å². The molecule has 1 heterocycles. The molecule has 1 aliphatic heterocycles. The summed E-state index contributed by atoms with van der Waals surface area (Å²) in [6.07, 6.45) is 6.16. The normalized spacial score (nSPS) is 19.6. The van der Waals surface area contributed by atoms with Gasteiger partial charge in [-0.1, -0.05) is 42.5 Å². The van der Waals surface area contributed by atoms with Gasteiger partial charge in [0.1, 0.15) is 0 Å². The quantitative estimate of drug-likeness (QED) is 0.900. The number of carbonyl (C=O) groups is 1. The minimum atomic E-state index is -0.146. The molecule has 0 saturated carbocycles. The summed E-state index contributed by atoms with van der Waals surface area (Å²) in [6.45, 7) is 4.10. The molecule has 1 saturated heterocycles. The Labute approximate surface area is 115 Å². The lowest BCUT2D eigenvalue weighted by Gasteiger charge is -2.33. The highest BCUT2D eigenvalue weighted by atomic mass is 16.1. The van der Waals surface area contributed by atoms with Gasteiger partial charge >= 0.3 is 0 Å². The minimum absolute atomic E-state index is 0.0709. The molecule has 1 unspecified atom stereocenters. The van der Waals surface area contributed by atoms with E-state index >= 15 is 0 Å². The van der Waals surface area contributed by atoms with Crippen molar-refractivity contribution in [3.8, 4) is 0 Å². The number of hydrogen-bond donors (Lipinski definition) is 1. The van der Waals surface area contributed by atoms with Gasteiger partial charge in [-0.15, -0.1) is 0 Å². The molecule has 1 amide bonds. The van der Waals surface area contributed by atoms with Crippen LogP contribution in [0.15, 0.2) is 36.4 Å². The fourth-order valence-corrected chi connectivity index (χ4v) is 2.53. The van der Waals surface area contributed by atoms with Crippen LogP contribution < -0.4 is 5.73 Å². The van der Waals surface area contributed by atoms with E-state index in [0.29, 0.717) is 6.04 Å². The van der Waals surface area contributed by atoms with Crippen LogP contribution in [-0.2, 0) is 4.79 Å². The van der Waals surface area contributed by atoms with E-state index in [2.05, 4.69) is 36.1 Å². The first kappa shape index (κ1) is 13.8. The fraction of sp³-hybridized carbons (Fsp3) is 0.438. The Hall–Kier alpha value is -1.61. The highest BCUT2D eigenvalue weighted by Crippen LogP contribution is 2.19. The predicted molar refractivity (Wildman–Crippen MR) is 78.4 cm³/mol. The molecule has 0 aliphatic carbocycles. The van der Waals surface area contributed by atoms with Gasteiger partial charge in [0.05, 0.1) is 0 Å². The first-order chi connectivity index (χ1) is 9.16. The number of benzene rings is 1. The number of nitrogens with zero attached hydrogens (tertiary/aromatic N) is 1. The van der Waals surface area contributed by atoms with Gasteiger partial charge in [0.25, 0.3) is 0 Å². The second-order valence-corrected chi connectivity index (χ2v) is 5.22. The van der Waals surface area contributed by atoms with Crippen molar-refractivity contribution in [1.82, 2.24) is 4.90 Å². The van der Waals surface area contributed by atoms with Crippen LogP contribution in [0, 0.1) is 5.92 Å². The van der Waals surface area contributed by atoms with Crippen LogP contribution in [0.2, 0.25) is 0 Å². The van der Waals surface area contributed by atoms with Crippen molar-refractivity contribution in [2.75, 3.05) is 13.1 Å². The molecule has 102 valence electrons. The number of carbonyl (C=O) groups excluding carboxylic acids is 1. The van der Waals surface area contributed by atoms with E-state index < -0.39 is 0 Å². The molecule has 1 aromatic carbocycles. The van der Waals surface area contributed by atoms with Gasteiger partial charge in [-0.05, 0) is 38.4 Å². The third-order valence-electron chi connectivity index (χ3n) is 3.87. The number of primary amides is 1. The number of piperidine rings is 1. The van der Waals surface area contributed by atoms with E-state index in [1.165, 1.54) is 5.56 Å². The maximum atomic E-state index is 11.1. The van der Waals surface area contributed by atoms with Gasteiger partial charge in [-0.3, -0.25) is 9.69 Å². The van der Waals surface area contributed by atoms with Crippen molar-refractivity contribution in [2.45, 2.75) is 25.8 Å². The molecule has 2 N–H and O–H groups in total. The first-order valence-electron chi connectivity index (χ1n) is 6.93. The molecule has 1 aliphatic rings. The molecule has 1 atom stereocenters. The van der Waals surface area contributed by atoms with Crippen LogP contribution in [0.25, 0.3) is 6.08 Å². The standard InChI is InChI=1S/C16H22N2O/c1-13(7-8-14-5-3-2-4-6-14)18-11-9-15(10-12-18)16(17)19/h2-8,13,15H,9-12H2,1H3,(H2,17,19). The molecule has 0 aromatic heterocycles. The van der Waals surface area contributed by atoms with Crippen molar-refractivity contribution in [2.24, 2.45) is 11.7 Å². The molecule has 1 aromatic rings. The Kier molecular flexibility index (Phi) is 4.74. The second-order valence-electron chi connectivity index (χ2n) is 5.22. The highest BCUT2D eigenvalue weighted by Gasteiger charge is 2.24. The molecule has 3 heteroatoms. The van der Waals surface area contributed by atoms with Gasteiger partial charge in [-0.2, -0.15) is 0 Å². The molecule has 3 nitrogen and oxygen atoms in total. The maximum absolute atomic E-state index is 11.1. The third kappa shape index (κ3) is 3.93. The largest absolute Gasteiger partial charge is 0.369 e. The zero-order valence-corrected chi connectivity index (χ0v) is 11.5. The summed E-state index contributed by atoms with van der Waals surface area (Å²) < 4.78 is 0. The average Bonchev–Trinajstić information content (AvgIpc) is 2.46. The third-order valence-corrected chi connectivity index (χ3v) is 3.87. The first-order valence-corrected chi connectivity index (χ1v) is 6.93. The highest BCUT2D eigenvalue weighted by molar-refractivity contribution is 5.76. The Bertz CT molecular complexity index is 433. The van der Waals surface area contributed by atoms with Crippen molar-refractivity contribution >= 4 is 12.0 Å². The molecule has 0 radical (unpaired) electrons. The van der Waals surface area contributed by atoms with E-state index in [9.17, 15) is 4.79 Å². The topological polar surface area (TPSA) is 46.3 Å². The second kappa shape index (κ2) is 6.53. The number of amides is 1. The summed E-state index contributed by atoms with van der Waals surface area (Å²) in [5.41, 5.74) is 6.58. The molecule has 2 rings (SSSR count). The van der Waals surface area contributed by atoms with E-state index in [0.717, 1.165) is 25.9 Å². The lowest BCUT2D eigenvalue weighted by molar-refractivity contribution is -0.123. The molecular formula is C16H22N2O. The van der Waals surface area contributed by atoms with Crippen molar-refractivity contribution < 1.29 is 4.79 Å². The van der Waals surface area contributed by atoms with Gasteiger partial charge in [-0.25, -0.2) is 0 Å².